The molecule has 0 bridgehead atoms. The molecule has 2 amide bonds. The number of anilines is 2. The van der Waals surface area contributed by atoms with Gasteiger partial charge in [-0.05, 0) is 30.3 Å². The van der Waals surface area contributed by atoms with E-state index in [9.17, 15) is 19.7 Å². The number of nitro benzene ring substituents is 1. The summed E-state index contributed by atoms with van der Waals surface area (Å²) in [6, 6.07) is 12.4. The summed E-state index contributed by atoms with van der Waals surface area (Å²) < 4.78 is 5.11. The summed E-state index contributed by atoms with van der Waals surface area (Å²) in [5, 5.41) is 24.4. The van der Waals surface area contributed by atoms with Crippen molar-refractivity contribution in [3.63, 3.8) is 0 Å². The van der Waals surface area contributed by atoms with Crippen molar-refractivity contribution in [2.75, 3.05) is 30.5 Å². The number of carbonyl (C=O) groups excluding carboxylic acids is 2. The molecule has 3 aromatic rings. The molecule has 152 valence electrons. The molecule has 0 spiro atoms. The molecule has 0 atom stereocenters. The predicted molar refractivity (Wildman–Crippen MR) is 110 cm³/mol. The second-order valence-corrected chi connectivity index (χ2v) is 6.60. The molecule has 0 aromatic heterocycles. The van der Waals surface area contributed by atoms with E-state index in [4.69, 9.17) is 9.84 Å². The van der Waals surface area contributed by atoms with Crippen molar-refractivity contribution in [3.05, 3.63) is 69.8 Å². The zero-order valence-electron chi connectivity index (χ0n) is 15.9. The Kier molecular flexibility index (Phi) is 4.80. The van der Waals surface area contributed by atoms with E-state index in [1.807, 2.05) is 0 Å². The molecule has 9 heteroatoms. The van der Waals surface area contributed by atoms with Crippen molar-refractivity contribution >= 4 is 39.6 Å². The van der Waals surface area contributed by atoms with E-state index < -0.39 is 16.7 Å². The largest absolute Gasteiger partial charge is 0.497 e. The normalized spacial score (nSPS) is 12.9. The lowest BCUT2D eigenvalue weighted by Crippen LogP contribution is -2.40. The Labute approximate surface area is 170 Å². The Morgan fingerprint density at radius 1 is 1.10 bits per heavy atom. The smallest absolute Gasteiger partial charge is 0.293 e. The minimum absolute atomic E-state index is 0.0669. The van der Waals surface area contributed by atoms with Crippen molar-refractivity contribution in [2.24, 2.45) is 0 Å². The third kappa shape index (κ3) is 2.92. The molecule has 0 saturated heterocycles. The number of imide groups is 1. The lowest BCUT2D eigenvalue weighted by atomic mass is 9.91. The maximum atomic E-state index is 13.3. The van der Waals surface area contributed by atoms with Crippen LogP contribution in [0.1, 0.15) is 20.7 Å². The Balaban J connectivity index is 1.95. The monoisotopic (exact) mass is 407 g/mol. The SMILES string of the molecule is COc1ccc(N2C(=O)c3cccc4c(NCCO)c([N+](=O)[O-])cc(c34)C2=O)cc1. The van der Waals surface area contributed by atoms with Crippen molar-refractivity contribution in [3.8, 4) is 5.75 Å². The van der Waals surface area contributed by atoms with Crippen LogP contribution in [0.15, 0.2) is 48.5 Å². The van der Waals surface area contributed by atoms with Gasteiger partial charge in [-0.25, -0.2) is 4.90 Å². The molecule has 9 nitrogen and oxygen atoms in total. The first-order valence-electron chi connectivity index (χ1n) is 9.09. The van der Waals surface area contributed by atoms with Crippen LogP contribution in [0.3, 0.4) is 0 Å². The summed E-state index contributed by atoms with van der Waals surface area (Å²) >= 11 is 0. The number of nitrogens with zero attached hydrogens (tertiary/aromatic N) is 2. The number of rotatable bonds is 6. The minimum atomic E-state index is -0.648. The molecule has 3 aromatic carbocycles. The van der Waals surface area contributed by atoms with E-state index in [1.54, 1.807) is 42.5 Å². The van der Waals surface area contributed by atoms with E-state index in [1.165, 1.54) is 13.2 Å². The van der Waals surface area contributed by atoms with Crippen LogP contribution in [0.25, 0.3) is 10.8 Å². The predicted octanol–water partition coefficient (Wildman–Crippen LogP) is 2.96. The maximum absolute atomic E-state index is 13.3. The van der Waals surface area contributed by atoms with Crippen LogP contribution >= 0.6 is 0 Å². The highest BCUT2D eigenvalue weighted by Crippen LogP contribution is 2.41. The number of hydrogen-bond acceptors (Lipinski definition) is 7. The molecule has 0 unspecified atom stereocenters. The topological polar surface area (TPSA) is 122 Å². The van der Waals surface area contributed by atoms with E-state index in [0.29, 0.717) is 22.2 Å². The number of carbonyl (C=O) groups is 2. The van der Waals surface area contributed by atoms with E-state index in [-0.39, 0.29) is 35.7 Å². The third-order valence-electron chi connectivity index (χ3n) is 4.95. The molecule has 30 heavy (non-hydrogen) atoms. The van der Waals surface area contributed by atoms with E-state index in [2.05, 4.69) is 5.32 Å². The van der Waals surface area contributed by atoms with Gasteiger partial charge in [0.05, 0.1) is 29.9 Å². The summed E-state index contributed by atoms with van der Waals surface area (Å²) in [6.07, 6.45) is 0. The molecule has 1 aliphatic rings. The van der Waals surface area contributed by atoms with Crippen LogP contribution in [0.4, 0.5) is 17.1 Å². The van der Waals surface area contributed by atoms with Gasteiger partial charge in [0.2, 0.25) is 0 Å². The van der Waals surface area contributed by atoms with Gasteiger partial charge in [0.15, 0.2) is 0 Å². The quantitative estimate of drug-likeness (QED) is 0.366. The third-order valence-corrected chi connectivity index (χ3v) is 4.95. The lowest BCUT2D eigenvalue weighted by molar-refractivity contribution is -0.383. The van der Waals surface area contributed by atoms with Gasteiger partial charge in [-0.3, -0.25) is 19.7 Å². The molecular weight excluding hydrogens is 390 g/mol. The molecule has 2 N–H and O–H groups in total. The van der Waals surface area contributed by atoms with Crippen LogP contribution in [0.2, 0.25) is 0 Å². The van der Waals surface area contributed by atoms with Crippen LogP contribution in [0.5, 0.6) is 5.75 Å². The van der Waals surface area contributed by atoms with Gasteiger partial charge in [0.25, 0.3) is 17.5 Å². The van der Waals surface area contributed by atoms with E-state index >= 15 is 0 Å². The minimum Gasteiger partial charge on any atom is -0.497 e. The number of aliphatic hydroxyl groups excluding tert-OH is 1. The first-order valence-corrected chi connectivity index (χ1v) is 9.09. The van der Waals surface area contributed by atoms with Gasteiger partial charge < -0.3 is 15.2 Å². The fourth-order valence-electron chi connectivity index (χ4n) is 3.63. The van der Waals surface area contributed by atoms with Gasteiger partial charge in [-0.1, -0.05) is 12.1 Å². The molecule has 0 saturated carbocycles. The summed E-state index contributed by atoms with van der Waals surface area (Å²) in [5.74, 6) is -0.607. The lowest BCUT2D eigenvalue weighted by Gasteiger charge is -2.28. The second-order valence-electron chi connectivity index (χ2n) is 6.60. The highest BCUT2D eigenvalue weighted by Gasteiger charge is 2.37. The van der Waals surface area contributed by atoms with Crippen molar-refractivity contribution in [2.45, 2.75) is 0 Å². The van der Waals surface area contributed by atoms with Crippen LogP contribution in [0, 0.1) is 10.1 Å². The number of hydrogen-bond donors (Lipinski definition) is 2. The number of ether oxygens (including phenoxy) is 1. The highest BCUT2D eigenvalue weighted by atomic mass is 16.6. The first-order chi connectivity index (χ1) is 14.5. The van der Waals surface area contributed by atoms with Crippen molar-refractivity contribution in [1.29, 1.82) is 0 Å². The fourth-order valence-corrected chi connectivity index (χ4v) is 3.63. The average Bonchev–Trinajstić information content (AvgIpc) is 2.76. The molecule has 0 radical (unpaired) electrons. The molecule has 4 rings (SSSR count). The van der Waals surface area contributed by atoms with Crippen LogP contribution < -0.4 is 15.0 Å². The first kappa shape index (κ1) is 19.3. The molecular formula is C21H17N3O6. The van der Waals surface area contributed by atoms with Gasteiger partial charge >= 0.3 is 0 Å². The number of benzene rings is 3. The van der Waals surface area contributed by atoms with Crippen LogP contribution in [-0.4, -0.2) is 42.1 Å². The van der Waals surface area contributed by atoms with Gasteiger partial charge in [-0.15, -0.1) is 0 Å². The average molecular weight is 407 g/mol. The van der Waals surface area contributed by atoms with Gasteiger partial charge in [0.1, 0.15) is 11.4 Å². The number of methoxy groups -OCH3 is 1. The van der Waals surface area contributed by atoms with Crippen LogP contribution in [-0.2, 0) is 0 Å². The zero-order chi connectivity index (χ0) is 21.4. The van der Waals surface area contributed by atoms with E-state index in [0.717, 1.165) is 4.90 Å². The highest BCUT2D eigenvalue weighted by molar-refractivity contribution is 6.37. The standard InChI is InChI=1S/C21H17N3O6/c1-30-13-7-5-12(6-8-13)23-20(26)15-4-2-3-14-18(15)16(21(23)27)11-17(24(28)29)19(14)22-9-10-25/h2-8,11,22,25H,9-10H2,1H3. The van der Waals surface area contributed by atoms with Crippen molar-refractivity contribution < 1.29 is 24.4 Å². The summed E-state index contributed by atoms with van der Waals surface area (Å²) in [6.45, 7) is -0.150. The summed E-state index contributed by atoms with van der Waals surface area (Å²) in [4.78, 5) is 38.5. The number of aliphatic hydroxyl groups is 1. The van der Waals surface area contributed by atoms with Gasteiger partial charge in [-0.2, -0.15) is 0 Å². The number of nitrogens with one attached hydrogen (secondary N) is 1. The molecule has 1 heterocycles. The number of amides is 2. The summed E-state index contributed by atoms with van der Waals surface area (Å²) in [5.41, 5.74) is 0.518. The molecule has 0 fully saturated rings. The fraction of sp³-hybridized carbons (Fsp3) is 0.143. The maximum Gasteiger partial charge on any atom is 0.293 e. The number of nitro groups is 1. The molecule has 1 aliphatic heterocycles. The molecule has 0 aliphatic carbocycles. The Morgan fingerprint density at radius 2 is 1.80 bits per heavy atom. The Hall–Kier alpha value is -3.98. The Morgan fingerprint density at radius 3 is 2.43 bits per heavy atom. The summed E-state index contributed by atoms with van der Waals surface area (Å²) in [7, 11) is 1.50. The Bertz CT molecular complexity index is 1190. The van der Waals surface area contributed by atoms with Gasteiger partial charge in [0, 0.05) is 28.9 Å². The van der Waals surface area contributed by atoms with Crippen molar-refractivity contribution in [1.82, 2.24) is 0 Å². The second kappa shape index (κ2) is 7.45. The zero-order valence-corrected chi connectivity index (χ0v) is 15.9.